The van der Waals surface area contributed by atoms with Gasteiger partial charge in [-0.3, -0.25) is 4.79 Å². The Kier molecular flexibility index (Phi) is 2.88. The van der Waals surface area contributed by atoms with E-state index >= 15 is 0 Å². The molecule has 4 nitrogen and oxygen atoms in total. The van der Waals surface area contributed by atoms with Gasteiger partial charge in [-0.1, -0.05) is 6.92 Å². The van der Waals surface area contributed by atoms with Crippen LogP contribution in [0.5, 0.6) is 0 Å². The maximum Gasteiger partial charge on any atom is 0.240 e. The van der Waals surface area contributed by atoms with Crippen molar-refractivity contribution in [3.8, 4) is 0 Å². The predicted octanol–water partition coefficient (Wildman–Crippen LogP) is 1.75. The molecule has 2 rings (SSSR count). The molecule has 0 fully saturated rings. The van der Waals surface area contributed by atoms with Crippen molar-refractivity contribution in [1.29, 1.82) is 0 Å². The van der Waals surface area contributed by atoms with Crippen LogP contribution in [0, 0.1) is 19.8 Å². The molecule has 1 aliphatic rings. The standard InChI is InChI=1S/C13H17N3O/c1-7-4-10(5-8(2)12(7)14)13-9(3)6-11(17)15-16-13/h4-5,9H,6,14H2,1-3H3,(H,15,17). The van der Waals surface area contributed by atoms with Crippen molar-refractivity contribution in [3.05, 3.63) is 28.8 Å². The number of rotatable bonds is 1. The lowest BCUT2D eigenvalue weighted by Gasteiger charge is -2.20. The van der Waals surface area contributed by atoms with E-state index in [0.29, 0.717) is 6.42 Å². The van der Waals surface area contributed by atoms with Crippen LogP contribution in [0.1, 0.15) is 30.0 Å². The SMILES string of the molecule is Cc1cc(C2=NNC(=O)CC2C)cc(C)c1N. The fourth-order valence-corrected chi connectivity index (χ4v) is 2.12. The van der Waals surface area contributed by atoms with Gasteiger partial charge < -0.3 is 5.73 Å². The maximum atomic E-state index is 11.2. The highest BCUT2D eigenvalue weighted by molar-refractivity contribution is 6.06. The van der Waals surface area contributed by atoms with Crippen LogP contribution >= 0.6 is 0 Å². The third-order valence-electron chi connectivity index (χ3n) is 3.15. The molecular formula is C13H17N3O. The minimum Gasteiger partial charge on any atom is -0.398 e. The van der Waals surface area contributed by atoms with E-state index in [2.05, 4.69) is 10.5 Å². The van der Waals surface area contributed by atoms with Gasteiger partial charge in [-0.15, -0.1) is 0 Å². The summed E-state index contributed by atoms with van der Waals surface area (Å²) in [6.07, 6.45) is 0.487. The first-order valence-corrected chi connectivity index (χ1v) is 5.72. The van der Waals surface area contributed by atoms with Crippen molar-refractivity contribution < 1.29 is 4.79 Å². The van der Waals surface area contributed by atoms with E-state index in [1.165, 1.54) is 0 Å². The molecular weight excluding hydrogens is 214 g/mol. The minimum atomic E-state index is -0.0230. The summed E-state index contributed by atoms with van der Waals surface area (Å²) in [6, 6.07) is 4.05. The second kappa shape index (κ2) is 4.20. The van der Waals surface area contributed by atoms with Crippen LogP contribution < -0.4 is 11.2 Å². The molecule has 0 aliphatic carbocycles. The van der Waals surface area contributed by atoms with Crippen molar-refractivity contribution in [1.82, 2.24) is 5.43 Å². The summed E-state index contributed by atoms with van der Waals surface area (Å²) in [5.74, 6) is 0.122. The molecule has 0 bridgehead atoms. The molecule has 1 unspecified atom stereocenters. The molecule has 1 heterocycles. The molecule has 1 aliphatic heterocycles. The van der Waals surface area contributed by atoms with E-state index in [1.54, 1.807) is 0 Å². The number of amides is 1. The normalized spacial score (nSPS) is 19.8. The Balaban J connectivity index is 2.44. The van der Waals surface area contributed by atoms with Crippen molar-refractivity contribution >= 4 is 17.3 Å². The summed E-state index contributed by atoms with van der Waals surface area (Å²) in [5.41, 5.74) is 13.3. The fraction of sp³-hybridized carbons (Fsp3) is 0.385. The van der Waals surface area contributed by atoms with Crippen LogP contribution in [-0.2, 0) is 4.79 Å². The summed E-state index contributed by atoms with van der Waals surface area (Å²) in [7, 11) is 0. The second-order valence-corrected chi connectivity index (χ2v) is 4.66. The van der Waals surface area contributed by atoms with E-state index in [9.17, 15) is 4.79 Å². The monoisotopic (exact) mass is 231 g/mol. The fourth-order valence-electron chi connectivity index (χ4n) is 2.12. The zero-order chi connectivity index (χ0) is 12.6. The van der Waals surface area contributed by atoms with Gasteiger partial charge in [0, 0.05) is 18.0 Å². The highest BCUT2D eigenvalue weighted by Crippen LogP contribution is 2.23. The van der Waals surface area contributed by atoms with Crippen LogP contribution in [0.2, 0.25) is 0 Å². The number of hydrazone groups is 1. The molecule has 0 aromatic heterocycles. The molecule has 1 aromatic carbocycles. The van der Waals surface area contributed by atoms with Gasteiger partial charge in [0.25, 0.3) is 0 Å². The first kappa shape index (κ1) is 11.6. The zero-order valence-corrected chi connectivity index (χ0v) is 10.4. The number of nitrogens with zero attached hydrogens (tertiary/aromatic N) is 1. The number of nitrogen functional groups attached to an aromatic ring is 1. The molecule has 1 atom stereocenters. The number of benzene rings is 1. The first-order valence-electron chi connectivity index (χ1n) is 5.72. The van der Waals surface area contributed by atoms with E-state index in [1.807, 2.05) is 32.9 Å². The number of hydrogen-bond donors (Lipinski definition) is 2. The number of carbonyl (C=O) groups is 1. The Bertz CT molecular complexity index is 482. The third kappa shape index (κ3) is 2.16. The van der Waals surface area contributed by atoms with Gasteiger partial charge in [0.05, 0.1) is 5.71 Å². The molecule has 4 heteroatoms. The Morgan fingerprint density at radius 2 is 1.94 bits per heavy atom. The predicted molar refractivity (Wildman–Crippen MR) is 68.8 cm³/mol. The topological polar surface area (TPSA) is 67.5 Å². The minimum absolute atomic E-state index is 0.0230. The number of hydrogen-bond acceptors (Lipinski definition) is 3. The largest absolute Gasteiger partial charge is 0.398 e. The summed E-state index contributed by atoms with van der Waals surface area (Å²) in [4.78, 5) is 11.2. The van der Waals surface area contributed by atoms with E-state index in [-0.39, 0.29) is 11.8 Å². The molecule has 3 N–H and O–H groups in total. The van der Waals surface area contributed by atoms with Gasteiger partial charge >= 0.3 is 0 Å². The Morgan fingerprint density at radius 1 is 1.35 bits per heavy atom. The number of anilines is 1. The Labute approximate surface area is 101 Å². The molecule has 0 spiro atoms. The smallest absolute Gasteiger partial charge is 0.240 e. The average molecular weight is 231 g/mol. The van der Waals surface area contributed by atoms with Crippen LogP contribution in [-0.4, -0.2) is 11.6 Å². The number of nitrogens with one attached hydrogen (secondary N) is 1. The quantitative estimate of drug-likeness (QED) is 0.723. The van der Waals surface area contributed by atoms with Crippen LogP contribution in [0.15, 0.2) is 17.2 Å². The van der Waals surface area contributed by atoms with Crippen molar-refractivity contribution in [3.63, 3.8) is 0 Å². The summed E-state index contributed by atoms with van der Waals surface area (Å²) >= 11 is 0. The summed E-state index contributed by atoms with van der Waals surface area (Å²) in [6.45, 7) is 5.98. The van der Waals surface area contributed by atoms with Gasteiger partial charge in [-0.25, -0.2) is 5.43 Å². The third-order valence-corrected chi connectivity index (χ3v) is 3.15. The lowest BCUT2D eigenvalue weighted by molar-refractivity contribution is -0.121. The van der Waals surface area contributed by atoms with Gasteiger partial charge in [0.1, 0.15) is 0 Å². The Hall–Kier alpha value is -1.84. The zero-order valence-electron chi connectivity index (χ0n) is 10.4. The highest BCUT2D eigenvalue weighted by atomic mass is 16.2. The lowest BCUT2D eigenvalue weighted by atomic mass is 9.91. The number of aryl methyl sites for hydroxylation is 2. The molecule has 1 aromatic rings. The van der Waals surface area contributed by atoms with E-state index < -0.39 is 0 Å². The van der Waals surface area contributed by atoms with E-state index in [4.69, 9.17) is 5.73 Å². The molecule has 90 valence electrons. The summed E-state index contributed by atoms with van der Waals surface area (Å²) in [5, 5.41) is 4.15. The van der Waals surface area contributed by atoms with Crippen molar-refractivity contribution in [2.75, 3.05) is 5.73 Å². The van der Waals surface area contributed by atoms with Gasteiger partial charge in [0.15, 0.2) is 0 Å². The van der Waals surface area contributed by atoms with Gasteiger partial charge in [-0.2, -0.15) is 5.10 Å². The van der Waals surface area contributed by atoms with Gasteiger partial charge in [0.2, 0.25) is 5.91 Å². The van der Waals surface area contributed by atoms with Crippen LogP contribution in [0.25, 0.3) is 0 Å². The molecule has 0 radical (unpaired) electrons. The molecule has 0 saturated heterocycles. The van der Waals surface area contributed by atoms with Gasteiger partial charge in [-0.05, 0) is 42.7 Å². The number of carbonyl (C=O) groups excluding carboxylic acids is 1. The average Bonchev–Trinajstić information content (AvgIpc) is 2.25. The molecule has 17 heavy (non-hydrogen) atoms. The maximum absolute atomic E-state index is 11.2. The highest BCUT2D eigenvalue weighted by Gasteiger charge is 2.22. The van der Waals surface area contributed by atoms with Crippen LogP contribution in [0.4, 0.5) is 5.69 Å². The lowest BCUT2D eigenvalue weighted by Crippen LogP contribution is -2.32. The van der Waals surface area contributed by atoms with E-state index in [0.717, 1.165) is 28.1 Å². The summed E-state index contributed by atoms with van der Waals surface area (Å²) < 4.78 is 0. The van der Waals surface area contributed by atoms with Crippen molar-refractivity contribution in [2.45, 2.75) is 27.2 Å². The number of nitrogens with two attached hydrogens (primary N) is 1. The van der Waals surface area contributed by atoms with Crippen LogP contribution in [0.3, 0.4) is 0 Å². The van der Waals surface area contributed by atoms with Crippen molar-refractivity contribution in [2.24, 2.45) is 11.0 Å². The second-order valence-electron chi connectivity index (χ2n) is 4.66. The molecule has 0 saturated carbocycles. The first-order chi connectivity index (χ1) is 7.99. The Morgan fingerprint density at radius 3 is 2.47 bits per heavy atom. The molecule has 1 amide bonds.